The van der Waals surface area contributed by atoms with Gasteiger partial charge in [-0.3, -0.25) is 4.31 Å². The fourth-order valence-corrected chi connectivity index (χ4v) is 2.94. The summed E-state index contributed by atoms with van der Waals surface area (Å²) in [6.07, 6.45) is -0.00352. The third-order valence-electron chi connectivity index (χ3n) is 3.08. The molecule has 0 amide bonds. The van der Waals surface area contributed by atoms with Crippen LogP contribution >= 0.6 is 0 Å². The van der Waals surface area contributed by atoms with Crippen molar-refractivity contribution in [2.75, 3.05) is 23.7 Å². The Bertz CT molecular complexity index is 720. The van der Waals surface area contributed by atoms with Crippen molar-refractivity contribution >= 4 is 15.7 Å². The highest BCUT2D eigenvalue weighted by Crippen LogP contribution is 2.18. The first-order valence-electron chi connectivity index (χ1n) is 6.95. The number of para-hydroxylation sites is 1. The predicted molar refractivity (Wildman–Crippen MR) is 86.5 cm³/mol. The van der Waals surface area contributed by atoms with Gasteiger partial charge in [-0.2, -0.15) is 0 Å². The van der Waals surface area contributed by atoms with Gasteiger partial charge in [-0.05, 0) is 36.4 Å². The Balaban J connectivity index is 2.04. The Labute approximate surface area is 135 Å². The van der Waals surface area contributed by atoms with E-state index in [0.29, 0.717) is 5.75 Å². The van der Waals surface area contributed by atoms with E-state index in [2.05, 4.69) is 0 Å². The Kier molecular flexibility index (Phi) is 5.57. The summed E-state index contributed by atoms with van der Waals surface area (Å²) in [6, 6.07) is 13.9. The monoisotopic (exact) mass is 339 g/mol. The molecule has 5 nitrogen and oxygen atoms in total. The van der Waals surface area contributed by atoms with Gasteiger partial charge >= 0.3 is 0 Å². The standard InChI is InChI=1S/C16H18FNO4S/c1-23(20,21)18(14-9-7-13(17)8-10-14)11-15(19)12-22-16-5-3-2-4-6-16/h2-10,15,19H,11-12H2,1H3. The van der Waals surface area contributed by atoms with Crippen LogP contribution in [0.2, 0.25) is 0 Å². The van der Waals surface area contributed by atoms with Gasteiger partial charge in [0.15, 0.2) is 0 Å². The molecule has 1 atom stereocenters. The highest BCUT2D eigenvalue weighted by Gasteiger charge is 2.21. The number of hydrogen-bond acceptors (Lipinski definition) is 4. The van der Waals surface area contributed by atoms with E-state index in [1.165, 1.54) is 24.3 Å². The van der Waals surface area contributed by atoms with E-state index in [-0.39, 0.29) is 18.8 Å². The Morgan fingerprint density at radius 2 is 1.74 bits per heavy atom. The number of rotatable bonds is 7. The van der Waals surface area contributed by atoms with Crippen molar-refractivity contribution in [1.29, 1.82) is 0 Å². The zero-order valence-corrected chi connectivity index (χ0v) is 13.4. The second-order valence-electron chi connectivity index (χ2n) is 5.05. The lowest BCUT2D eigenvalue weighted by atomic mass is 10.3. The maximum absolute atomic E-state index is 13.0. The number of benzene rings is 2. The highest BCUT2D eigenvalue weighted by molar-refractivity contribution is 7.92. The summed E-state index contributed by atoms with van der Waals surface area (Å²) in [7, 11) is -3.61. The molecule has 0 fully saturated rings. The number of anilines is 1. The van der Waals surface area contributed by atoms with Crippen molar-refractivity contribution in [3.8, 4) is 5.75 Å². The Hall–Kier alpha value is -2.12. The first-order chi connectivity index (χ1) is 10.9. The van der Waals surface area contributed by atoms with Gasteiger partial charge in [-0.25, -0.2) is 12.8 Å². The Morgan fingerprint density at radius 3 is 2.30 bits per heavy atom. The molecule has 124 valence electrons. The normalized spacial score (nSPS) is 12.7. The number of nitrogens with zero attached hydrogens (tertiary/aromatic N) is 1. The summed E-state index contributed by atoms with van der Waals surface area (Å²) < 4.78 is 43.2. The molecule has 0 aliphatic carbocycles. The van der Waals surface area contributed by atoms with Gasteiger partial charge in [-0.1, -0.05) is 18.2 Å². The smallest absolute Gasteiger partial charge is 0.232 e. The lowest BCUT2D eigenvalue weighted by Crippen LogP contribution is -2.39. The molecule has 0 aromatic heterocycles. The lowest BCUT2D eigenvalue weighted by Gasteiger charge is -2.25. The van der Waals surface area contributed by atoms with Crippen LogP contribution in [0.3, 0.4) is 0 Å². The molecule has 2 aromatic carbocycles. The summed E-state index contributed by atoms with van der Waals surface area (Å²) >= 11 is 0. The number of ether oxygens (including phenoxy) is 1. The second kappa shape index (κ2) is 7.43. The van der Waals surface area contributed by atoms with Crippen LogP contribution in [0, 0.1) is 5.82 Å². The minimum absolute atomic E-state index is 0.0583. The highest BCUT2D eigenvalue weighted by atomic mass is 32.2. The van der Waals surface area contributed by atoms with Gasteiger partial charge in [0.1, 0.15) is 24.3 Å². The summed E-state index contributed by atoms with van der Waals surface area (Å²) in [5, 5.41) is 10.1. The van der Waals surface area contributed by atoms with E-state index in [1.54, 1.807) is 24.3 Å². The van der Waals surface area contributed by atoms with Crippen LogP contribution in [-0.2, 0) is 10.0 Å². The minimum Gasteiger partial charge on any atom is -0.491 e. The number of hydrogen-bond donors (Lipinski definition) is 1. The fraction of sp³-hybridized carbons (Fsp3) is 0.250. The van der Waals surface area contributed by atoms with Crippen LogP contribution in [0.5, 0.6) is 5.75 Å². The first-order valence-corrected chi connectivity index (χ1v) is 8.80. The van der Waals surface area contributed by atoms with Crippen LogP contribution in [0.25, 0.3) is 0 Å². The molecular weight excluding hydrogens is 321 g/mol. The maximum atomic E-state index is 13.0. The molecule has 23 heavy (non-hydrogen) atoms. The molecule has 0 spiro atoms. The van der Waals surface area contributed by atoms with Crippen LogP contribution in [0.1, 0.15) is 0 Å². The molecule has 7 heteroatoms. The fourth-order valence-electron chi connectivity index (χ4n) is 1.99. The largest absolute Gasteiger partial charge is 0.491 e. The molecule has 0 saturated heterocycles. The van der Waals surface area contributed by atoms with E-state index in [1.807, 2.05) is 6.07 Å². The van der Waals surface area contributed by atoms with Gasteiger partial charge in [0, 0.05) is 0 Å². The summed E-state index contributed by atoms with van der Waals surface area (Å²) in [4.78, 5) is 0. The van der Waals surface area contributed by atoms with Crippen LogP contribution < -0.4 is 9.04 Å². The Morgan fingerprint density at radius 1 is 1.13 bits per heavy atom. The number of aliphatic hydroxyl groups excluding tert-OH is 1. The van der Waals surface area contributed by atoms with Crippen LogP contribution in [-0.4, -0.2) is 39.0 Å². The van der Waals surface area contributed by atoms with Gasteiger partial charge in [0.2, 0.25) is 10.0 Å². The molecule has 0 heterocycles. The molecule has 1 unspecified atom stereocenters. The summed E-state index contributed by atoms with van der Waals surface area (Å²) in [5.41, 5.74) is 0.285. The van der Waals surface area contributed by atoms with Crippen molar-refractivity contribution in [3.63, 3.8) is 0 Å². The van der Waals surface area contributed by atoms with Crippen molar-refractivity contribution in [1.82, 2.24) is 0 Å². The van der Waals surface area contributed by atoms with E-state index in [9.17, 15) is 17.9 Å². The average Bonchev–Trinajstić information content (AvgIpc) is 2.52. The van der Waals surface area contributed by atoms with Crippen molar-refractivity contribution in [3.05, 3.63) is 60.4 Å². The van der Waals surface area contributed by atoms with E-state index in [0.717, 1.165) is 10.6 Å². The molecule has 0 aliphatic rings. The minimum atomic E-state index is -3.61. The molecule has 2 rings (SSSR count). The van der Waals surface area contributed by atoms with Crippen molar-refractivity contribution in [2.24, 2.45) is 0 Å². The maximum Gasteiger partial charge on any atom is 0.232 e. The summed E-state index contributed by atoms with van der Waals surface area (Å²) in [5.74, 6) is 0.120. The zero-order chi connectivity index (χ0) is 16.9. The number of aliphatic hydroxyl groups is 1. The van der Waals surface area contributed by atoms with Crippen molar-refractivity contribution in [2.45, 2.75) is 6.10 Å². The third-order valence-corrected chi connectivity index (χ3v) is 4.24. The van der Waals surface area contributed by atoms with Gasteiger partial charge in [-0.15, -0.1) is 0 Å². The number of sulfonamides is 1. The predicted octanol–water partition coefficient (Wildman–Crippen LogP) is 2.03. The van der Waals surface area contributed by atoms with Gasteiger partial charge < -0.3 is 9.84 Å². The summed E-state index contributed by atoms with van der Waals surface area (Å²) in [6.45, 7) is -0.242. The lowest BCUT2D eigenvalue weighted by molar-refractivity contribution is 0.115. The number of halogens is 1. The van der Waals surface area contributed by atoms with Crippen LogP contribution in [0.4, 0.5) is 10.1 Å². The molecule has 0 saturated carbocycles. The average molecular weight is 339 g/mol. The molecule has 2 aromatic rings. The molecule has 0 bridgehead atoms. The van der Waals surface area contributed by atoms with Crippen molar-refractivity contribution < 1.29 is 22.7 Å². The molecule has 0 aliphatic heterocycles. The zero-order valence-electron chi connectivity index (χ0n) is 12.6. The van der Waals surface area contributed by atoms with Gasteiger partial charge in [0.05, 0.1) is 18.5 Å². The van der Waals surface area contributed by atoms with Gasteiger partial charge in [0.25, 0.3) is 0 Å². The molecule has 1 N–H and O–H groups in total. The first kappa shape index (κ1) is 17.2. The third kappa shape index (κ3) is 5.22. The SMILES string of the molecule is CS(=O)(=O)N(CC(O)COc1ccccc1)c1ccc(F)cc1. The molecular formula is C16H18FNO4S. The van der Waals surface area contributed by atoms with E-state index < -0.39 is 21.9 Å². The van der Waals surface area contributed by atoms with E-state index >= 15 is 0 Å². The second-order valence-corrected chi connectivity index (χ2v) is 6.96. The van der Waals surface area contributed by atoms with Crippen LogP contribution in [0.15, 0.2) is 54.6 Å². The topological polar surface area (TPSA) is 66.8 Å². The quantitative estimate of drug-likeness (QED) is 0.838. The molecule has 0 radical (unpaired) electrons. The van der Waals surface area contributed by atoms with E-state index in [4.69, 9.17) is 4.74 Å².